The van der Waals surface area contributed by atoms with Crippen LogP contribution in [-0.4, -0.2) is 55.2 Å². The molecule has 0 saturated carbocycles. The van der Waals surface area contributed by atoms with Gasteiger partial charge in [-0.05, 0) is 18.8 Å². The molecule has 0 spiro atoms. The van der Waals surface area contributed by atoms with Crippen LogP contribution in [0.1, 0.15) is 53.4 Å². The van der Waals surface area contributed by atoms with Crippen LogP contribution in [0.4, 0.5) is 0 Å². The predicted molar refractivity (Wildman–Crippen MR) is 90.8 cm³/mol. The quantitative estimate of drug-likeness (QED) is 0.680. The number of nitrogens with zero attached hydrogens (tertiary/aromatic N) is 1. The van der Waals surface area contributed by atoms with Gasteiger partial charge in [0.1, 0.15) is 0 Å². The van der Waals surface area contributed by atoms with E-state index in [1.54, 1.807) is 0 Å². The molecule has 1 aliphatic rings. The molecule has 1 unspecified atom stereocenters. The van der Waals surface area contributed by atoms with Gasteiger partial charge in [-0.15, -0.1) is 0 Å². The third-order valence-electron chi connectivity index (χ3n) is 5.23. The van der Waals surface area contributed by atoms with Crippen LogP contribution in [0, 0.1) is 5.92 Å². The summed E-state index contributed by atoms with van der Waals surface area (Å²) >= 11 is 0. The second-order valence-electron chi connectivity index (χ2n) is 6.46. The Kier molecular flexibility index (Phi) is 8.36. The van der Waals surface area contributed by atoms with E-state index in [0.717, 1.165) is 38.8 Å². The molecule has 1 saturated heterocycles. The first kappa shape index (κ1) is 19.4. The van der Waals surface area contributed by atoms with E-state index in [1.165, 1.54) is 0 Å². The van der Waals surface area contributed by atoms with Crippen LogP contribution < -0.4 is 11.1 Å². The molecule has 130 valence electrons. The van der Waals surface area contributed by atoms with Crippen molar-refractivity contribution in [2.75, 3.05) is 32.8 Å². The van der Waals surface area contributed by atoms with E-state index >= 15 is 0 Å². The van der Waals surface area contributed by atoms with Gasteiger partial charge < -0.3 is 15.8 Å². The van der Waals surface area contributed by atoms with E-state index < -0.39 is 0 Å². The molecular weight excluding hydrogens is 278 g/mol. The Morgan fingerprint density at radius 2 is 1.73 bits per heavy atom. The maximum absolute atomic E-state index is 12.8. The molecule has 0 aliphatic carbocycles. The summed E-state index contributed by atoms with van der Waals surface area (Å²) in [6.07, 6.45) is 3.77. The third kappa shape index (κ3) is 5.21. The van der Waals surface area contributed by atoms with Crippen molar-refractivity contribution in [1.82, 2.24) is 10.2 Å². The van der Waals surface area contributed by atoms with Gasteiger partial charge in [0.25, 0.3) is 0 Å². The largest absolute Gasteiger partial charge is 0.379 e. The fourth-order valence-electron chi connectivity index (χ4n) is 3.14. The highest BCUT2D eigenvalue weighted by Gasteiger charge is 2.33. The van der Waals surface area contributed by atoms with Crippen molar-refractivity contribution >= 4 is 5.91 Å². The second kappa shape index (κ2) is 9.48. The number of carbonyl (C=O) groups excluding carboxylic acids is 1. The molecule has 22 heavy (non-hydrogen) atoms. The SMILES string of the molecule is CCC(CC)C(C(=O)NCC(N)(CC)CC)N1CCOCC1. The Morgan fingerprint density at radius 3 is 2.18 bits per heavy atom. The molecule has 1 aliphatic heterocycles. The average Bonchev–Trinajstić information content (AvgIpc) is 2.57. The van der Waals surface area contributed by atoms with Crippen LogP contribution in [0.25, 0.3) is 0 Å². The Morgan fingerprint density at radius 1 is 1.18 bits per heavy atom. The third-order valence-corrected chi connectivity index (χ3v) is 5.23. The van der Waals surface area contributed by atoms with Gasteiger partial charge in [-0.1, -0.05) is 40.5 Å². The van der Waals surface area contributed by atoms with Gasteiger partial charge in [-0.3, -0.25) is 9.69 Å². The Labute approximate surface area is 135 Å². The van der Waals surface area contributed by atoms with Gasteiger partial charge in [0.15, 0.2) is 0 Å². The molecule has 1 rings (SSSR count). The lowest BCUT2D eigenvalue weighted by Gasteiger charge is -2.38. The summed E-state index contributed by atoms with van der Waals surface area (Å²) in [6, 6.07) is -0.0585. The van der Waals surface area contributed by atoms with Crippen LogP contribution >= 0.6 is 0 Å². The minimum absolute atomic E-state index is 0.0585. The summed E-state index contributed by atoms with van der Waals surface area (Å²) in [4.78, 5) is 15.1. The van der Waals surface area contributed by atoms with Crippen LogP contribution in [0.15, 0.2) is 0 Å². The highest BCUT2D eigenvalue weighted by Crippen LogP contribution is 2.21. The Balaban J connectivity index is 2.74. The molecule has 5 nitrogen and oxygen atoms in total. The summed E-state index contributed by atoms with van der Waals surface area (Å²) in [5, 5.41) is 3.13. The number of hydrogen-bond acceptors (Lipinski definition) is 4. The van der Waals surface area contributed by atoms with Crippen molar-refractivity contribution < 1.29 is 9.53 Å². The molecule has 1 heterocycles. The molecule has 0 radical (unpaired) electrons. The van der Waals surface area contributed by atoms with Gasteiger partial charge >= 0.3 is 0 Å². The smallest absolute Gasteiger partial charge is 0.237 e. The summed E-state index contributed by atoms with van der Waals surface area (Å²) < 4.78 is 5.43. The van der Waals surface area contributed by atoms with E-state index in [2.05, 4.69) is 37.9 Å². The number of hydrogen-bond donors (Lipinski definition) is 2. The molecule has 0 aromatic heterocycles. The van der Waals surface area contributed by atoms with Crippen molar-refractivity contribution in [3.05, 3.63) is 0 Å². The molecule has 0 bridgehead atoms. The molecular formula is C17H35N3O2. The van der Waals surface area contributed by atoms with E-state index in [1.807, 2.05) is 0 Å². The first-order valence-electron chi connectivity index (χ1n) is 8.89. The minimum Gasteiger partial charge on any atom is -0.379 e. The average molecular weight is 313 g/mol. The summed E-state index contributed by atoms with van der Waals surface area (Å²) in [5.41, 5.74) is 6.02. The minimum atomic E-state index is -0.293. The van der Waals surface area contributed by atoms with Crippen LogP contribution in [0.5, 0.6) is 0 Å². The van der Waals surface area contributed by atoms with Crippen molar-refractivity contribution in [2.45, 2.75) is 65.0 Å². The standard InChI is InChI=1S/C17H35N3O2/c1-5-14(6-2)15(20-9-11-22-12-10-20)16(21)19-13-17(18,7-3)8-4/h14-15H,5-13,18H2,1-4H3,(H,19,21). The van der Waals surface area contributed by atoms with Crippen molar-refractivity contribution in [2.24, 2.45) is 11.7 Å². The van der Waals surface area contributed by atoms with Gasteiger partial charge in [0, 0.05) is 25.2 Å². The molecule has 1 fully saturated rings. The summed E-state index contributed by atoms with van der Waals surface area (Å²) in [6.45, 7) is 12.2. The number of ether oxygens (including phenoxy) is 1. The number of amides is 1. The zero-order valence-electron chi connectivity index (χ0n) is 14.9. The van der Waals surface area contributed by atoms with Crippen LogP contribution in [0.3, 0.4) is 0 Å². The molecule has 0 aromatic rings. The summed E-state index contributed by atoms with van der Waals surface area (Å²) in [7, 11) is 0. The maximum Gasteiger partial charge on any atom is 0.237 e. The Hall–Kier alpha value is -0.650. The molecule has 5 heteroatoms. The van der Waals surface area contributed by atoms with Gasteiger partial charge in [0.05, 0.1) is 19.3 Å². The number of rotatable bonds is 9. The first-order valence-corrected chi connectivity index (χ1v) is 8.89. The fourth-order valence-corrected chi connectivity index (χ4v) is 3.14. The van der Waals surface area contributed by atoms with Gasteiger partial charge in [-0.2, -0.15) is 0 Å². The Bertz CT molecular complexity index is 322. The van der Waals surface area contributed by atoms with Crippen molar-refractivity contribution in [1.29, 1.82) is 0 Å². The number of morpholine rings is 1. The second-order valence-corrected chi connectivity index (χ2v) is 6.46. The fraction of sp³-hybridized carbons (Fsp3) is 0.941. The van der Waals surface area contributed by atoms with Crippen LogP contribution in [0.2, 0.25) is 0 Å². The van der Waals surface area contributed by atoms with E-state index in [-0.39, 0.29) is 17.5 Å². The van der Waals surface area contributed by atoms with E-state index in [0.29, 0.717) is 25.7 Å². The number of nitrogens with two attached hydrogens (primary N) is 1. The van der Waals surface area contributed by atoms with E-state index in [4.69, 9.17) is 10.5 Å². The van der Waals surface area contributed by atoms with Crippen molar-refractivity contribution in [3.8, 4) is 0 Å². The van der Waals surface area contributed by atoms with Gasteiger partial charge in [0.2, 0.25) is 5.91 Å². The lowest BCUT2D eigenvalue weighted by Crippen LogP contribution is -2.57. The molecule has 1 amide bonds. The lowest BCUT2D eigenvalue weighted by molar-refractivity contribution is -0.131. The lowest BCUT2D eigenvalue weighted by atomic mass is 9.90. The number of carbonyl (C=O) groups is 1. The highest BCUT2D eigenvalue weighted by molar-refractivity contribution is 5.82. The zero-order chi connectivity index (χ0) is 16.6. The molecule has 3 N–H and O–H groups in total. The normalized spacial score (nSPS) is 18.5. The van der Waals surface area contributed by atoms with E-state index in [9.17, 15) is 4.79 Å². The molecule has 1 atom stereocenters. The number of nitrogens with one attached hydrogen (secondary N) is 1. The molecule has 0 aromatic carbocycles. The summed E-state index contributed by atoms with van der Waals surface area (Å²) in [5.74, 6) is 0.515. The van der Waals surface area contributed by atoms with Crippen LogP contribution in [-0.2, 0) is 9.53 Å². The highest BCUT2D eigenvalue weighted by atomic mass is 16.5. The topological polar surface area (TPSA) is 67.6 Å². The van der Waals surface area contributed by atoms with Crippen molar-refractivity contribution in [3.63, 3.8) is 0 Å². The first-order chi connectivity index (χ1) is 10.5. The monoisotopic (exact) mass is 313 g/mol. The van der Waals surface area contributed by atoms with Gasteiger partial charge in [-0.25, -0.2) is 0 Å². The zero-order valence-corrected chi connectivity index (χ0v) is 14.9. The maximum atomic E-state index is 12.8. The predicted octanol–water partition coefficient (Wildman–Crippen LogP) is 1.76.